The molecular formula is C24H25N3O4S. The fourth-order valence-electron chi connectivity index (χ4n) is 2.92. The van der Waals surface area contributed by atoms with Gasteiger partial charge in [0.25, 0.3) is 5.56 Å². The Morgan fingerprint density at radius 1 is 1.09 bits per heavy atom. The number of benzene rings is 2. The highest BCUT2D eigenvalue weighted by Crippen LogP contribution is 2.23. The first-order chi connectivity index (χ1) is 15.3. The van der Waals surface area contributed by atoms with Crippen molar-refractivity contribution >= 4 is 29.3 Å². The smallest absolute Gasteiger partial charge is 0.338 e. The highest BCUT2D eigenvalue weighted by Gasteiger charge is 2.17. The van der Waals surface area contributed by atoms with E-state index >= 15 is 0 Å². The van der Waals surface area contributed by atoms with Crippen LogP contribution in [-0.2, 0) is 9.53 Å². The minimum Gasteiger partial charge on any atom is -0.462 e. The summed E-state index contributed by atoms with van der Waals surface area (Å²) in [7, 11) is 0. The first kappa shape index (κ1) is 23.3. The number of anilines is 1. The molecule has 0 spiro atoms. The number of thioether (sulfide) groups is 1. The topological polar surface area (TPSA) is 90.3 Å². The van der Waals surface area contributed by atoms with Crippen molar-refractivity contribution in [3.05, 3.63) is 81.6 Å². The van der Waals surface area contributed by atoms with E-state index in [1.807, 2.05) is 32.0 Å². The summed E-state index contributed by atoms with van der Waals surface area (Å²) >= 11 is 1.24. The standard InChI is InChI=1S/C24H25N3O4S/c1-5-31-24(30)18-7-6-8-19(14-18)25-23(29)17(4)32-21-11-12-22(28)27(26-21)20-10-9-15(2)16(3)13-20/h6-14,17H,5H2,1-4H3,(H,25,29)/t17-/m1/s1. The number of amides is 1. The third-order valence-corrected chi connectivity index (χ3v) is 5.85. The minimum absolute atomic E-state index is 0.245. The molecule has 1 heterocycles. The Balaban J connectivity index is 1.73. The van der Waals surface area contributed by atoms with Crippen LogP contribution in [0.5, 0.6) is 0 Å². The second kappa shape index (κ2) is 10.3. The Morgan fingerprint density at radius 2 is 1.88 bits per heavy atom. The molecule has 1 N–H and O–H groups in total. The summed E-state index contributed by atoms with van der Waals surface area (Å²) in [6, 6.07) is 15.3. The van der Waals surface area contributed by atoms with E-state index in [1.54, 1.807) is 44.2 Å². The van der Waals surface area contributed by atoms with Gasteiger partial charge < -0.3 is 10.1 Å². The molecule has 8 heteroatoms. The molecule has 0 aliphatic rings. The number of ether oxygens (including phenoxy) is 1. The lowest BCUT2D eigenvalue weighted by Gasteiger charge is -2.13. The van der Waals surface area contributed by atoms with Crippen molar-refractivity contribution in [2.75, 3.05) is 11.9 Å². The van der Waals surface area contributed by atoms with Crippen LogP contribution in [0.3, 0.4) is 0 Å². The van der Waals surface area contributed by atoms with Gasteiger partial charge in [-0.25, -0.2) is 4.79 Å². The lowest BCUT2D eigenvalue weighted by molar-refractivity contribution is -0.115. The zero-order valence-electron chi connectivity index (χ0n) is 18.4. The van der Waals surface area contributed by atoms with E-state index in [1.165, 1.54) is 22.5 Å². The molecule has 166 valence electrons. The zero-order chi connectivity index (χ0) is 23.3. The third-order valence-electron chi connectivity index (χ3n) is 4.82. The normalized spacial score (nSPS) is 11.6. The number of hydrogen-bond acceptors (Lipinski definition) is 6. The number of esters is 1. The van der Waals surface area contributed by atoms with Crippen LogP contribution in [0.1, 0.15) is 35.3 Å². The molecular weight excluding hydrogens is 426 g/mol. The monoisotopic (exact) mass is 451 g/mol. The van der Waals surface area contributed by atoms with E-state index in [0.717, 1.165) is 11.1 Å². The molecule has 3 aromatic rings. The molecule has 1 atom stereocenters. The van der Waals surface area contributed by atoms with Crippen molar-refractivity contribution < 1.29 is 14.3 Å². The number of nitrogens with one attached hydrogen (secondary N) is 1. The summed E-state index contributed by atoms with van der Waals surface area (Å²) in [4.78, 5) is 36.9. The number of hydrogen-bond donors (Lipinski definition) is 1. The van der Waals surface area contributed by atoms with Gasteiger partial charge in [-0.1, -0.05) is 23.9 Å². The average Bonchev–Trinajstić information content (AvgIpc) is 2.77. The molecule has 0 saturated carbocycles. The van der Waals surface area contributed by atoms with Crippen molar-refractivity contribution in [1.82, 2.24) is 9.78 Å². The Morgan fingerprint density at radius 3 is 2.59 bits per heavy atom. The summed E-state index contributed by atoms with van der Waals surface area (Å²) in [5, 5.41) is 7.29. The van der Waals surface area contributed by atoms with Crippen LogP contribution in [0.2, 0.25) is 0 Å². The van der Waals surface area contributed by atoms with E-state index in [4.69, 9.17) is 4.74 Å². The molecule has 0 fully saturated rings. The van der Waals surface area contributed by atoms with Crippen molar-refractivity contribution in [1.29, 1.82) is 0 Å². The van der Waals surface area contributed by atoms with Crippen molar-refractivity contribution in [2.45, 2.75) is 38.0 Å². The van der Waals surface area contributed by atoms with E-state index in [0.29, 0.717) is 22.0 Å². The van der Waals surface area contributed by atoms with Gasteiger partial charge in [0, 0.05) is 11.8 Å². The Hall–Kier alpha value is -3.39. The number of carbonyl (C=O) groups excluding carboxylic acids is 2. The second-order valence-corrected chi connectivity index (χ2v) is 8.60. The molecule has 0 unspecified atom stereocenters. The molecule has 0 radical (unpaired) electrons. The summed E-state index contributed by atoms with van der Waals surface area (Å²) in [6.07, 6.45) is 0. The predicted octanol–water partition coefficient (Wildman–Crippen LogP) is 4.15. The number of aryl methyl sites for hydroxylation is 2. The molecule has 0 bridgehead atoms. The predicted molar refractivity (Wildman–Crippen MR) is 126 cm³/mol. The summed E-state index contributed by atoms with van der Waals surface area (Å²) in [5.74, 6) is -0.689. The van der Waals surface area contributed by atoms with E-state index in [9.17, 15) is 14.4 Å². The van der Waals surface area contributed by atoms with Crippen LogP contribution in [0, 0.1) is 13.8 Å². The van der Waals surface area contributed by atoms with Gasteiger partial charge in [0.05, 0.1) is 23.1 Å². The van der Waals surface area contributed by atoms with Gasteiger partial charge >= 0.3 is 5.97 Å². The van der Waals surface area contributed by atoms with E-state index in [-0.39, 0.29) is 18.1 Å². The Kier molecular flexibility index (Phi) is 7.48. The lowest BCUT2D eigenvalue weighted by atomic mass is 10.1. The number of rotatable bonds is 7. The molecule has 0 aliphatic carbocycles. The lowest BCUT2D eigenvalue weighted by Crippen LogP contribution is -2.24. The molecule has 0 aliphatic heterocycles. The van der Waals surface area contributed by atoms with Crippen LogP contribution in [0.15, 0.2) is 64.4 Å². The van der Waals surface area contributed by atoms with Crippen LogP contribution in [0.25, 0.3) is 5.69 Å². The van der Waals surface area contributed by atoms with Gasteiger partial charge in [-0.3, -0.25) is 9.59 Å². The van der Waals surface area contributed by atoms with Crippen molar-refractivity contribution in [3.63, 3.8) is 0 Å². The fourth-order valence-corrected chi connectivity index (χ4v) is 3.72. The molecule has 1 aromatic heterocycles. The largest absolute Gasteiger partial charge is 0.462 e. The quantitative estimate of drug-likeness (QED) is 0.429. The maximum Gasteiger partial charge on any atom is 0.338 e. The average molecular weight is 452 g/mol. The second-order valence-electron chi connectivity index (χ2n) is 7.24. The Labute approximate surface area is 190 Å². The van der Waals surface area contributed by atoms with Crippen molar-refractivity contribution in [2.24, 2.45) is 0 Å². The van der Waals surface area contributed by atoms with Gasteiger partial charge in [-0.15, -0.1) is 0 Å². The molecule has 7 nitrogen and oxygen atoms in total. The molecule has 3 rings (SSSR count). The third kappa shape index (κ3) is 5.64. The van der Waals surface area contributed by atoms with Crippen LogP contribution >= 0.6 is 11.8 Å². The first-order valence-corrected chi connectivity index (χ1v) is 11.1. The molecule has 0 saturated heterocycles. The molecule has 2 aromatic carbocycles. The molecule has 1 amide bonds. The maximum absolute atomic E-state index is 12.7. The summed E-state index contributed by atoms with van der Waals surface area (Å²) in [6.45, 7) is 7.75. The van der Waals surface area contributed by atoms with Gasteiger partial charge in [0.2, 0.25) is 5.91 Å². The first-order valence-electron chi connectivity index (χ1n) is 10.2. The highest BCUT2D eigenvalue weighted by atomic mass is 32.2. The number of nitrogens with zero attached hydrogens (tertiary/aromatic N) is 2. The maximum atomic E-state index is 12.7. The minimum atomic E-state index is -0.487. The van der Waals surface area contributed by atoms with Crippen molar-refractivity contribution in [3.8, 4) is 5.69 Å². The van der Waals surface area contributed by atoms with Crippen LogP contribution < -0.4 is 10.9 Å². The van der Waals surface area contributed by atoms with Gasteiger partial charge in [-0.2, -0.15) is 9.78 Å². The van der Waals surface area contributed by atoms with E-state index in [2.05, 4.69) is 10.4 Å². The van der Waals surface area contributed by atoms with Crippen LogP contribution in [0.4, 0.5) is 5.69 Å². The summed E-state index contributed by atoms with van der Waals surface area (Å²) < 4.78 is 6.33. The van der Waals surface area contributed by atoms with Gasteiger partial charge in [0.15, 0.2) is 0 Å². The molecule has 32 heavy (non-hydrogen) atoms. The fraction of sp³-hybridized carbons (Fsp3) is 0.250. The number of aromatic nitrogens is 2. The zero-order valence-corrected chi connectivity index (χ0v) is 19.2. The van der Waals surface area contributed by atoms with Gasteiger partial charge in [-0.05, 0) is 75.2 Å². The Bertz CT molecular complexity index is 1210. The van der Waals surface area contributed by atoms with Gasteiger partial charge in [0.1, 0.15) is 5.03 Å². The van der Waals surface area contributed by atoms with Crippen LogP contribution in [-0.4, -0.2) is 33.5 Å². The number of carbonyl (C=O) groups is 2. The highest BCUT2D eigenvalue weighted by molar-refractivity contribution is 8.00. The van der Waals surface area contributed by atoms with E-state index < -0.39 is 11.2 Å². The SMILES string of the molecule is CCOC(=O)c1cccc(NC(=O)[C@@H](C)Sc2ccc(=O)n(-c3ccc(C)c(C)c3)n2)c1. The summed E-state index contributed by atoms with van der Waals surface area (Å²) in [5.41, 5.74) is 3.49.